The van der Waals surface area contributed by atoms with Gasteiger partial charge in [-0.25, -0.2) is 4.68 Å². The molecule has 2 aromatic heterocycles. The number of rotatable bonds is 7. The van der Waals surface area contributed by atoms with E-state index in [0.29, 0.717) is 22.2 Å². The summed E-state index contributed by atoms with van der Waals surface area (Å²) in [5, 5.41) is 8.31. The lowest BCUT2D eigenvalue weighted by Crippen LogP contribution is -2.34. The second kappa shape index (κ2) is 9.01. The van der Waals surface area contributed by atoms with Gasteiger partial charge >= 0.3 is 0 Å². The molecule has 0 spiro atoms. The average molecular weight is 420 g/mol. The van der Waals surface area contributed by atoms with E-state index in [-0.39, 0.29) is 11.9 Å². The van der Waals surface area contributed by atoms with E-state index in [1.54, 1.807) is 35.2 Å². The summed E-state index contributed by atoms with van der Waals surface area (Å²) in [6.45, 7) is 2.01. The van der Waals surface area contributed by atoms with Gasteiger partial charge in [-0.2, -0.15) is 5.10 Å². The Kier molecular flexibility index (Phi) is 6.00. The molecule has 0 aliphatic heterocycles. The molecule has 5 nitrogen and oxygen atoms in total. The fraction of sp³-hybridized carbons (Fsp3) is 0.167. The van der Waals surface area contributed by atoms with Crippen molar-refractivity contribution in [2.24, 2.45) is 0 Å². The number of carbonyl (C=O) groups excluding carboxylic acids is 1. The van der Waals surface area contributed by atoms with Gasteiger partial charge in [0.25, 0.3) is 5.91 Å². The number of nitrogens with zero attached hydrogens (tertiary/aromatic N) is 2. The van der Waals surface area contributed by atoms with Gasteiger partial charge in [0.2, 0.25) is 0 Å². The van der Waals surface area contributed by atoms with E-state index in [1.807, 2.05) is 43.3 Å². The van der Waals surface area contributed by atoms with Crippen molar-refractivity contribution in [2.45, 2.75) is 25.8 Å². The highest BCUT2D eigenvalue weighted by atomic mass is 35.5. The molecule has 0 unspecified atom stereocenters. The highest BCUT2D eigenvalue weighted by Crippen LogP contribution is 2.23. The Hall–Kier alpha value is -3.31. The van der Waals surface area contributed by atoms with E-state index in [4.69, 9.17) is 16.0 Å². The molecule has 1 amide bonds. The van der Waals surface area contributed by atoms with Gasteiger partial charge < -0.3 is 9.73 Å². The first-order valence-corrected chi connectivity index (χ1v) is 10.2. The molecular weight excluding hydrogens is 398 g/mol. The zero-order valence-corrected chi connectivity index (χ0v) is 17.3. The van der Waals surface area contributed by atoms with Gasteiger partial charge in [-0.05, 0) is 61.7 Å². The molecule has 2 heterocycles. The minimum absolute atomic E-state index is 0.0123. The number of hydrogen-bond donors (Lipinski definition) is 1. The fourth-order valence-corrected chi connectivity index (χ4v) is 3.39. The Morgan fingerprint density at radius 3 is 2.57 bits per heavy atom. The normalized spacial score (nSPS) is 11.9. The molecular formula is C24H22ClN3O2. The Balaban J connectivity index is 1.55. The number of nitrogens with one attached hydrogen (secondary N) is 1. The highest BCUT2D eigenvalue weighted by Gasteiger charge is 2.20. The van der Waals surface area contributed by atoms with E-state index in [2.05, 4.69) is 22.5 Å². The molecule has 0 fully saturated rings. The SMILES string of the molecule is C[C@@H](CCc1ccccc1)NC(=O)c1cc(-c2ccco2)nn1-c1ccc(Cl)cc1. The van der Waals surface area contributed by atoms with E-state index < -0.39 is 0 Å². The van der Waals surface area contributed by atoms with Crippen LogP contribution in [0.3, 0.4) is 0 Å². The van der Waals surface area contributed by atoms with Crippen LogP contribution in [-0.2, 0) is 6.42 Å². The van der Waals surface area contributed by atoms with Gasteiger partial charge in [0.05, 0.1) is 12.0 Å². The first kappa shape index (κ1) is 20.0. The van der Waals surface area contributed by atoms with E-state index in [9.17, 15) is 4.79 Å². The van der Waals surface area contributed by atoms with Crippen molar-refractivity contribution in [3.63, 3.8) is 0 Å². The van der Waals surface area contributed by atoms with Gasteiger partial charge in [-0.3, -0.25) is 4.79 Å². The summed E-state index contributed by atoms with van der Waals surface area (Å²) in [6, 6.07) is 22.8. The molecule has 0 radical (unpaired) electrons. The van der Waals surface area contributed by atoms with Crippen LogP contribution in [0.5, 0.6) is 0 Å². The second-order valence-electron chi connectivity index (χ2n) is 7.18. The number of furan rings is 1. The third-order valence-corrected chi connectivity index (χ3v) is 5.13. The number of hydrogen-bond acceptors (Lipinski definition) is 3. The van der Waals surface area contributed by atoms with Crippen LogP contribution in [-0.4, -0.2) is 21.7 Å². The molecule has 152 valence electrons. The van der Waals surface area contributed by atoms with E-state index >= 15 is 0 Å². The lowest BCUT2D eigenvalue weighted by atomic mass is 10.1. The van der Waals surface area contributed by atoms with Crippen LogP contribution in [0.25, 0.3) is 17.1 Å². The van der Waals surface area contributed by atoms with Crippen LogP contribution < -0.4 is 5.32 Å². The maximum absolute atomic E-state index is 13.1. The van der Waals surface area contributed by atoms with Crippen LogP contribution in [0.1, 0.15) is 29.4 Å². The molecule has 4 rings (SSSR count). The largest absolute Gasteiger partial charge is 0.463 e. The molecule has 0 aliphatic carbocycles. The number of benzene rings is 2. The predicted octanol–water partition coefficient (Wildman–Crippen LogP) is 5.54. The van der Waals surface area contributed by atoms with Gasteiger partial charge in [0, 0.05) is 17.1 Å². The summed E-state index contributed by atoms with van der Waals surface area (Å²) >= 11 is 6.02. The van der Waals surface area contributed by atoms with Gasteiger partial charge in [-0.15, -0.1) is 0 Å². The zero-order chi connectivity index (χ0) is 20.9. The Morgan fingerprint density at radius 2 is 1.87 bits per heavy atom. The summed E-state index contributed by atoms with van der Waals surface area (Å²) < 4.78 is 7.08. The summed E-state index contributed by atoms with van der Waals surface area (Å²) in [7, 11) is 0. The van der Waals surface area contributed by atoms with Crippen LogP contribution in [0.15, 0.2) is 83.5 Å². The number of halogens is 1. The van der Waals surface area contributed by atoms with Gasteiger partial charge in [-0.1, -0.05) is 41.9 Å². The molecule has 0 bridgehead atoms. The summed E-state index contributed by atoms with van der Waals surface area (Å²) in [5.41, 5.74) is 3.04. The molecule has 0 saturated heterocycles. The molecule has 30 heavy (non-hydrogen) atoms. The van der Waals surface area contributed by atoms with E-state index in [1.165, 1.54) is 5.56 Å². The van der Waals surface area contributed by atoms with Crippen molar-refractivity contribution in [1.82, 2.24) is 15.1 Å². The lowest BCUT2D eigenvalue weighted by molar-refractivity contribution is 0.0930. The topological polar surface area (TPSA) is 60.1 Å². The quantitative estimate of drug-likeness (QED) is 0.428. The molecule has 6 heteroatoms. The molecule has 1 N–H and O–H groups in total. The van der Waals surface area contributed by atoms with Crippen molar-refractivity contribution >= 4 is 17.5 Å². The molecule has 4 aromatic rings. The van der Waals surface area contributed by atoms with Crippen molar-refractivity contribution in [2.75, 3.05) is 0 Å². The van der Waals surface area contributed by atoms with Crippen LogP contribution in [0, 0.1) is 0 Å². The van der Waals surface area contributed by atoms with Crippen molar-refractivity contribution in [1.29, 1.82) is 0 Å². The molecule has 1 atom stereocenters. The minimum atomic E-state index is -0.184. The van der Waals surface area contributed by atoms with Crippen LogP contribution >= 0.6 is 11.6 Å². The summed E-state index contributed by atoms with van der Waals surface area (Å²) in [4.78, 5) is 13.1. The van der Waals surface area contributed by atoms with Crippen LogP contribution in [0.4, 0.5) is 0 Å². The Labute approximate surface area is 180 Å². The van der Waals surface area contributed by atoms with Gasteiger partial charge in [0.15, 0.2) is 5.76 Å². The third-order valence-electron chi connectivity index (χ3n) is 4.87. The first-order chi connectivity index (χ1) is 14.6. The molecule has 2 aromatic carbocycles. The smallest absolute Gasteiger partial charge is 0.270 e. The Morgan fingerprint density at radius 1 is 1.10 bits per heavy atom. The highest BCUT2D eigenvalue weighted by molar-refractivity contribution is 6.30. The van der Waals surface area contributed by atoms with Crippen molar-refractivity contribution < 1.29 is 9.21 Å². The molecule has 0 aliphatic rings. The molecule has 0 saturated carbocycles. The monoisotopic (exact) mass is 419 g/mol. The minimum Gasteiger partial charge on any atom is -0.463 e. The zero-order valence-electron chi connectivity index (χ0n) is 16.6. The summed E-state index contributed by atoms with van der Waals surface area (Å²) in [5.74, 6) is 0.421. The predicted molar refractivity (Wildman–Crippen MR) is 118 cm³/mol. The van der Waals surface area contributed by atoms with Gasteiger partial charge in [0.1, 0.15) is 11.4 Å². The maximum Gasteiger partial charge on any atom is 0.270 e. The lowest BCUT2D eigenvalue weighted by Gasteiger charge is -2.14. The van der Waals surface area contributed by atoms with E-state index in [0.717, 1.165) is 18.5 Å². The maximum atomic E-state index is 13.1. The second-order valence-corrected chi connectivity index (χ2v) is 7.62. The number of amides is 1. The van der Waals surface area contributed by atoms with Crippen LogP contribution in [0.2, 0.25) is 5.02 Å². The number of aromatic nitrogens is 2. The third kappa shape index (κ3) is 4.63. The fourth-order valence-electron chi connectivity index (χ4n) is 3.26. The summed E-state index contributed by atoms with van der Waals surface area (Å²) in [6.07, 6.45) is 3.33. The standard InChI is InChI=1S/C24H22ClN3O2/c1-17(9-10-18-6-3-2-4-7-18)26-24(29)22-16-21(23-8-5-15-30-23)27-28(22)20-13-11-19(25)12-14-20/h2-8,11-17H,9-10H2,1H3,(H,26,29)/t17-/m0/s1. The average Bonchev–Trinajstić information content (AvgIpc) is 3.43. The first-order valence-electron chi connectivity index (χ1n) is 9.85. The van der Waals surface area contributed by atoms with Crippen molar-refractivity contribution in [3.05, 3.63) is 95.3 Å². The van der Waals surface area contributed by atoms with Crippen molar-refractivity contribution in [3.8, 4) is 17.1 Å². The number of carbonyl (C=O) groups is 1. The Bertz CT molecular complexity index is 1100. The number of aryl methyl sites for hydroxylation is 1.